The standard InChI is InChI=1S/C18H22O2/c1-4-18(20-16-8-6-5-7-9-16)15-10-12-17(13-11-15)19-14(2)3/h5-14,18H,4H2,1-3H3. The molecule has 1 atom stereocenters. The summed E-state index contributed by atoms with van der Waals surface area (Å²) in [5.41, 5.74) is 1.17. The van der Waals surface area contributed by atoms with Gasteiger partial charge in [-0.15, -0.1) is 0 Å². The lowest BCUT2D eigenvalue weighted by Gasteiger charge is -2.18. The van der Waals surface area contributed by atoms with Crippen molar-refractivity contribution >= 4 is 0 Å². The van der Waals surface area contributed by atoms with Gasteiger partial charge in [0.25, 0.3) is 0 Å². The van der Waals surface area contributed by atoms with Gasteiger partial charge in [-0.05, 0) is 50.1 Å². The zero-order valence-corrected chi connectivity index (χ0v) is 12.4. The minimum absolute atomic E-state index is 0.0745. The first-order valence-corrected chi connectivity index (χ1v) is 7.17. The second-order valence-electron chi connectivity index (χ2n) is 5.06. The van der Waals surface area contributed by atoms with Crippen molar-refractivity contribution in [3.63, 3.8) is 0 Å². The van der Waals surface area contributed by atoms with E-state index in [4.69, 9.17) is 9.47 Å². The highest BCUT2D eigenvalue weighted by atomic mass is 16.5. The van der Waals surface area contributed by atoms with Gasteiger partial charge in [-0.1, -0.05) is 37.3 Å². The van der Waals surface area contributed by atoms with Crippen LogP contribution < -0.4 is 9.47 Å². The fourth-order valence-electron chi connectivity index (χ4n) is 2.08. The third-order valence-electron chi connectivity index (χ3n) is 3.02. The molecule has 0 saturated heterocycles. The van der Waals surface area contributed by atoms with E-state index in [1.165, 1.54) is 5.56 Å². The number of hydrogen-bond acceptors (Lipinski definition) is 2. The number of benzene rings is 2. The topological polar surface area (TPSA) is 18.5 Å². The molecule has 20 heavy (non-hydrogen) atoms. The molecule has 0 bridgehead atoms. The molecule has 0 N–H and O–H groups in total. The van der Waals surface area contributed by atoms with Gasteiger partial charge in [-0.3, -0.25) is 0 Å². The third-order valence-corrected chi connectivity index (χ3v) is 3.02. The first kappa shape index (κ1) is 14.4. The summed E-state index contributed by atoms with van der Waals surface area (Å²) in [6.45, 7) is 6.19. The third kappa shape index (κ3) is 4.02. The average molecular weight is 270 g/mol. The fraction of sp³-hybridized carbons (Fsp3) is 0.333. The summed E-state index contributed by atoms with van der Waals surface area (Å²) >= 11 is 0. The van der Waals surface area contributed by atoms with Crippen LogP contribution in [0.3, 0.4) is 0 Å². The maximum absolute atomic E-state index is 6.03. The lowest BCUT2D eigenvalue weighted by Crippen LogP contribution is -2.08. The average Bonchev–Trinajstić information content (AvgIpc) is 2.46. The molecule has 2 heteroatoms. The van der Waals surface area contributed by atoms with Gasteiger partial charge >= 0.3 is 0 Å². The minimum Gasteiger partial charge on any atom is -0.491 e. The van der Waals surface area contributed by atoms with Crippen LogP contribution in [0.5, 0.6) is 11.5 Å². The Morgan fingerprint density at radius 3 is 1.95 bits per heavy atom. The second kappa shape index (κ2) is 6.99. The largest absolute Gasteiger partial charge is 0.491 e. The summed E-state index contributed by atoms with van der Waals surface area (Å²) in [4.78, 5) is 0. The maximum Gasteiger partial charge on any atom is 0.123 e. The van der Waals surface area contributed by atoms with Crippen LogP contribution in [0.25, 0.3) is 0 Å². The van der Waals surface area contributed by atoms with E-state index >= 15 is 0 Å². The van der Waals surface area contributed by atoms with Crippen molar-refractivity contribution in [1.29, 1.82) is 0 Å². The van der Waals surface area contributed by atoms with Gasteiger partial charge in [0, 0.05) is 0 Å². The fourth-order valence-corrected chi connectivity index (χ4v) is 2.08. The van der Waals surface area contributed by atoms with Gasteiger partial charge in [0.15, 0.2) is 0 Å². The number of para-hydroxylation sites is 1. The predicted molar refractivity (Wildman–Crippen MR) is 82.3 cm³/mol. The highest BCUT2D eigenvalue weighted by molar-refractivity contribution is 5.30. The molecule has 1 unspecified atom stereocenters. The van der Waals surface area contributed by atoms with Crippen LogP contribution in [-0.4, -0.2) is 6.10 Å². The van der Waals surface area contributed by atoms with Crippen LogP contribution in [0.4, 0.5) is 0 Å². The van der Waals surface area contributed by atoms with E-state index in [2.05, 4.69) is 19.1 Å². The Labute approximate surface area is 121 Å². The molecular weight excluding hydrogens is 248 g/mol. The Bertz CT molecular complexity index is 503. The monoisotopic (exact) mass is 270 g/mol. The van der Waals surface area contributed by atoms with Crippen molar-refractivity contribution in [2.75, 3.05) is 0 Å². The van der Waals surface area contributed by atoms with Gasteiger partial charge in [-0.2, -0.15) is 0 Å². The minimum atomic E-state index is 0.0745. The lowest BCUT2D eigenvalue weighted by atomic mass is 10.1. The molecule has 0 aliphatic heterocycles. The summed E-state index contributed by atoms with van der Waals surface area (Å²) in [5.74, 6) is 1.81. The van der Waals surface area contributed by atoms with Gasteiger partial charge in [0.1, 0.15) is 17.6 Å². The highest BCUT2D eigenvalue weighted by Gasteiger charge is 2.11. The van der Waals surface area contributed by atoms with Crippen LogP contribution in [0.2, 0.25) is 0 Å². The molecule has 2 nitrogen and oxygen atoms in total. The van der Waals surface area contributed by atoms with Crippen molar-refractivity contribution < 1.29 is 9.47 Å². The molecule has 106 valence electrons. The molecule has 0 spiro atoms. The second-order valence-corrected chi connectivity index (χ2v) is 5.06. The molecule has 0 aromatic heterocycles. The van der Waals surface area contributed by atoms with Crippen molar-refractivity contribution in [2.24, 2.45) is 0 Å². The van der Waals surface area contributed by atoms with E-state index in [0.29, 0.717) is 0 Å². The van der Waals surface area contributed by atoms with E-state index < -0.39 is 0 Å². The molecule has 0 heterocycles. The van der Waals surface area contributed by atoms with Crippen LogP contribution in [0.1, 0.15) is 38.9 Å². The lowest BCUT2D eigenvalue weighted by molar-refractivity contribution is 0.201. The number of hydrogen-bond donors (Lipinski definition) is 0. The number of ether oxygens (including phenoxy) is 2. The first-order chi connectivity index (χ1) is 9.69. The Morgan fingerprint density at radius 1 is 0.800 bits per heavy atom. The molecule has 0 aliphatic rings. The Morgan fingerprint density at radius 2 is 1.40 bits per heavy atom. The molecule has 0 fully saturated rings. The van der Waals surface area contributed by atoms with E-state index in [9.17, 15) is 0 Å². The molecule has 2 aromatic carbocycles. The van der Waals surface area contributed by atoms with E-state index in [1.807, 2.05) is 56.3 Å². The van der Waals surface area contributed by atoms with Crippen molar-refractivity contribution in [3.05, 3.63) is 60.2 Å². The smallest absolute Gasteiger partial charge is 0.123 e. The summed E-state index contributed by atoms with van der Waals surface area (Å²) in [6, 6.07) is 18.1. The molecular formula is C18H22O2. The van der Waals surface area contributed by atoms with Gasteiger partial charge in [-0.25, -0.2) is 0 Å². The normalized spacial score (nSPS) is 12.2. The molecule has 2 aromatic rings. The Kier molecular flexibility index (Phi) is 5.05. The summed E-state index contributed by atoms with van der Waals surface area (Å²) in [5, 5.41) is 0. The maximum atomic E-state index is 6.03. The molecule has 0 amide bonds. The van der Waals surface area contributed by atoms with Crippen LogP contribution in [-0.2, 0) is 0 Å². The van der Waals surface area contributed by atoms with E-state index in [0.717, 1.165) is 17.9 Å². The zero-order chi connectivity index (χ0) is 14.4. The van der Waals surface area contributed by atoms with Crippen molar-refractivity contribution in [1.82, 2.24) is 0 Å². The van der Waals surface area contributed by atoms with Crippen molar-refractivity contribution in [2.45, 2.75) is 39.4 Å². The zero-order valence-electron chi connectivity index (χ0n) is 12.4. The summed E-state index contributed by atoms with van der Waals surface area (Å²) in [7, 11) is 0. The SMILES string of the molecule is CCC(Oc1ccccc1)c1ccc(OC(C)C)cc1. The molecule has 0 saturated carbocycles. The summed E-state index contributed by atoms with van der Waals surface area (Å²) < 4.78 is 11.7. The van der Waals surface area contributed by atoms with Crippen molar-refractivity contribution in [3.8, 4) is 11.5 Å². The van der Waals surface area contributed by atoms with Gasteiger partial charge in [0.2, 0.25) is 0 Å². The quantitative estimate of drug-likeness (QED) is 0.735. The van der Waals surface area contributed by atoms with Crippen LogP contribution >= 0.6 is 0 Å². The number of rotatable bonds is 6. The van der Waals surface area contributed by atoms with Crippen LogP contribution in [0.15, 0.2) is 54.6 Å². The molecule has 0 aliphatic carbocycles. The Hall–Kier alpha value is -1.96. The van der Waals surface area contributed by atoms with Crippen LogP contribution in [0, 0.1) is 0 Å². The Balaban J connectivity index is 2.07. The summed E-state index contributed by atoms with van der Waals surface area (Å²) in [6.07, 6.45) is 1.20. The molecule has 0 radical (unpaired) electrons. The van der Waals surface area contributed by atoms with E-state index in [1.54, 1.807) is 0 Å². The predicted octanol–water partition coefficient (Wildman–Crippen LogP) is 5.00. The molecule has 2 rings (SSSR count). The van der Waals surface area contributed by atoms with E-state index in [-0.39, 0.29) is 12.2 Å². The highest BCUT2D eigenvalue weighted by Crippen LogP contribution is 2.26. The van der Waals surface area contributed by atoms with Gasteiger partial charge in [0.05, 0.1) is 6.10 Å². The van der Waals surface area contributed by atoms with Gasteiger partial charge < -0.3 is 9.47 Å². The first-order valence-electron chi connectivity index (χ1n) is 7.17.